The molecule has 2 atom stereocenters. The highest BCUT2D eigenvalue weighted by molar-refractivity contribution is 5.98. The van der Waals surface area contributed by atoms with E-state index in [1.807, 2.05) is 0 Å². The molecule has 0 spiro atoms. The number of hydrogen-bond donors (Lipinski definition) is 2. The van der Waals surface area contributed by atoms with Crippen LogP contribution in [-0.2, 0) is 23.0 Å². The van der Waals surface area contributed by atoms with E-state index in [0.717, 1.165) is 4.90 Å². The van der Waals surface area contributed by atoms with E-state index in [1.165, 1.54) is 10.8 Å². The molecule has 0 radical (unpaired) electrons. The number of halogens is 5. The first-order valence-electron chi connectivity index (χ1n) is 14.0. The number of carbonyl (C=O) groups is 2. The maximum Gasteiger partial charge on any atom is 0.411 e. The van der Waals surface area contributed by atoms with Crippen LogP contribution in [0.4, 0.5) is 27.6 Å². The van der Waals surface area contributed by atoms with Gasteiger partial charge in [0.2, 0.25) is 0 Å². The zero-order chi connectivity index (χ0) is 33.5. The molecule has 15 heteroatoms. The second-order valence-corrected chi connectivity index (χ2v) is 10.8. The number of nitrogens with one attached hydrogen (secondary N) is 1. The molecule has 5 rings (SSSR count). The van der Waals surface area contributed by atoms with Crippen LogP contribution in [0.5, 0.6) is 0 Å². The van der Waals surface area contributed by atoms with Gasteiger partial charge in [-0.25, -0.2) is 18.6 Å². The number of aryl methyl sites for hydroxylation is 1. The highest BCUT2D eigenvalue weighted by Gasteiger charge is 2.46. The number of aliphatic carboxylic acids is 1. The van der Waals surface area contributed by atoms with Gasteiger partial charge in [-0.1, -0.05) is 18.2 Å². The SMILES string of the molecule is Cc1nc(-c2ccc(C[C@H](NC(=O)c3c(F)cc(N4CCOC[C@H]4C(F)(F)F)cc3F)C(=O)O)c3cccnc23)c(=O)n(C)c1C. The van der Waals surface area contributed by atoms with Crippen LogP contribution in [0.25, 0.3) is 22.2 Å². The second-order valence-electron chi connectivity index (χ2n) is 10.8. The number of aromatic nitrogens is 3. The van der Waals surface area contributed by atoms with Crippen molar-refractivity contribution >= 4 is 28.5 Å². The molecule has 242 valence electrons. The van der Waals surface area contributed by atoms with Crippen LogP contribution in [-0.4, -0.2) is 69.5 Å². The molecule has 2 N–H and O–H groups in total. The smallest absolute Gasteiger partial charge is 0.411 e. The van der Waals surface area contributed by atoms with Crippen molar-refractivity contribution < 1.29 is 41.4 Å². The molecule has 1 amide bonds. The number of anilines is 1. The van der Waals surface area contributed by atoms with Gasteiger partial charge in [0.25, 0.3) is 11.5 Å². The van der Waals surface area contributed by atoms with E-state index in [1.54, 1.807) is 45.2 Å². The van der Waals surface area contributed by atoms with E-state index >= 15 is 8.78 Å². The highest BCUT2D eigenvalue weighted by atomic mass is 19.4. The molecule has 0 bridgehead atoms. The summed E-state index contributed by atoms with van der Waals surface area (Å²) in [7, 11) is 1.61. The fourth-order valence-corrected chi connectivity index (χ4v) is 5.40. The van der Waals surface area contributed by atoms with Crippen molar-refractivity contribution in [2.75, 3.05) is 24.7 Å². The minimum Gasteiger partial charge on any atom is -0.480 e. The summed E-state index contributed by atoms with van der Waals surface area (Å²) in [5, 5.41) is 12.5. The number of amides is 1. The summed E-state index contributed by atoms with van der Waals surface area (Å²) >= 11 is 0. The predicted molar refractivity (Wildman–Crippen MR) is 157 cm³/mol. The summed E-state index contributed by atoms with van der Waals surface area (Å²) in [6, 6.07) is 3.71. The number of ether oxygens (including phenoxy) is 1. The lowest BCUT2D eigenvalue weighted by atomic mass is 9.96. The Morgan fingerprint density at radius 1 is 1.15 bits per heavy atom. The molecule has 3 heterocycles. The van der Waals surface area contributed by atoms with Crippen LogP contribution < -0.4 is 15.8 Å². The number of fused-ring (bicyclic) bond motifs is 1. The summed E-state index contributed by atoms with van der Waals surface area (Å²) in [5.41, 5.74) is 0.611. The average Bonchev–Trinajstić information content (AvgIpc) is 3.01. The number of pyridine rings is 1. The summed E-state index contributed by atoms with van der Waals surface area (Å²) in [5.74, 6) is -5.86. The van der Waals surface area contributed by atoms with E-state index in [9.17, 15) is 32.7 Å². The molecule has 1 fully saturated rings. The fourth-order valence-electron chi connectivity index (χ4n) is 5.40. The number of carbonyl (C=O) groups excluding carboxylic acids is 1. The van der Waals surface area contributed by atoms with Crippen LogP contribution >= 0.6 is 0 Å². The van der Waals surface area contributed by atoms with Crippen LogP contribution in [0, 0.1) is 25.5 Å². The van der Waals surface area contributed by atoms with Crippen LogP contribution in [0.1, 0.15) is 27.3 Å². The number of hydrogen-bond acceptors (Lipinski definition) is 7. The van der Waals surface area contributed by atoms with Gasteiger partial charge in [-0.05, 0) is 37.6 Å². The van der Waals surface area contributed by atoms with Gasteiger partial charge < -0.3 is 24.6 Å². The monoisotopic (exact) mass is 645 g/mol. The number of nitrogens with zero attached hydrogens (tertiary/aromatic N) is 4. The van der Waals surface area contributed by atoms with E-state index in [0.29, 0.717) is 45.6 Å². The quantitative estimate of drug-likeness (QED) is 0.288. The summed E-state index contributed by atoms with van der Waals surface area (Å²) in [6.45, 7) is 2.36. The third-order valence-corrected chi connectivity index (χ3v) is 8.05. The van der Waals surface area contributed by atoms with Crippen molar-refractivity contribution in [1.29, 1.82) is 0 Å². The fraction of sp³-hybridized carbons (Fsp3) is 0.323. The Hall–Kier alpha value is -4.92. The molecule has 10 nitrogen and oxygen atoms in total. The lowest BCUT2D eigenvalue weighted by Gasteiger charge is -2.38. The molecule has 2 aromatic carbocycles. The van der Waals surface area contributed by atoms with Crippen LogP contribution in [0.3, 0.4) is 0 Å². The Kier molecular flexibility index (Phi) is 8.80. The molecule has 0 aliphatic carbocycles. The number of carboxylic acids is 1. The molecule has 1 saturated heterocycles. The topological polar surface area (TPSA) is 127 Å². The molecular formula is C31H28F5N5O5. The van der Waals surface area contributed by atoms with Gasteiger partial charge in [0, 0.05) is 48.5 Å². The predicted octanol–water partition coefficient (Wildman–Crippen LogP) is 4.08. The van der Waals surface area contributed by atoms with Gasteiger partial charge in [-0.15, -0.1) is 0 Å². The largest absolute Gasteiger partial charge is 0.480 e. The normalized spacial score (nSPS) is 16.0. The zero-order valence-electron chi connectivity index (χ0n) is 24.8. The molecule has 0 unspecified atom stereocenters. The van der Waals surface area contributed by atoms with Crippen molar-refractivity contribution in [3.05, 3.63) is 87.1 Å². The Bertz CT molecular complexity index is 1890. The Morgan fingerprint density at radius 3 is 2.50 bits per heavy atom. The maximum atomic E-state index is 15.1. The minimum absolute atomic E-state index is 0.110. The van der Waals surface area contributed by atoms with Gasteiger partial charge in [-0.3, -0.25) is 14.6 Å². The number of rotatable bonds is 7. The molecule has 1 aliphatic rings. The van der Waals surface area contributed by atoms with E-state index in [-0.39, 0.29) is 30.8 Å². The van der Waals surface area contributed by atoms with Gasteiger partial charge in [0.15, 0.2) is 0 Å². The summed E-state index contributed by atoms with van der Waals surface area (Å²) in [4.78, 5) is 47.8. The first-order valence-corrected chi connectivity index (χ1v) is 14.0. The third kappa shape index (κ3) is 6.14. The second kappa shape index (κ2) is 12.5. The number of morpholine rings is 1. The van der Waals surface area contributed by atoms with E-state index in [4.69, 9.17) is 4.74 Å². The average molecular weight is 646 g/mol. The van der Waals surface area contributed by atoms with Crippen molar-refractivity contribution in [3.63, 3.8) is 0 Å². The van der Waals surface area contributed by atoms with Gasteiger partial charge >= 0.3 is 12.1 Å². The molecule has 2 aromatic heterocycles. The Morgan fingerprint density at radius 2 is 1.85 bits per heavy atom. The van der Waals surface area contributed by atoms with Crippen LogP contribution in [0.2, 0.25) is 0 Å². The molecule has 1 aliphatic heterocycles. The first-order chi connectivity index (χ1) is 21.7. The van der Waals surface area contributed by atoms with Crippen molar-refractivity contribution in [2.24, 2.45) is 7.05 Å². The number of benzene rings is 2. The molecular weight excluding hydrogens is 617 g/mol. The number of alkyl halides is 3. The Balaban J connectivity index is 1.44. The van der Waals surface area contributed by atoms with E-state index in [2.05, 4.69) is 15.3 Å². The van der Waals surface area contributed by atoms with Crippen LogP contribution in [0.15, 0.2) is 47.4 Å². The lowest BCUT2D eigenvalue weighted by molar-refractivity contribution is -0.167. The maximum absolute atomic E-state index is 15.1. The zero-order valence-corrected chi connectivity index (χ0v) is 24.8. The standard InChI is InChI=1S/C31H28F5N5O5/c1-15-16(2)40(3)29(43)27(38-15)20-7-6-17(19-5-4-8-37-26(19)20)11-23(30(44)45)39-28(42)25-21(32)12-18(13-22(25)33)41-9-10-46-14-24(41)31(34,35)36/h4-8,12-13,23-24H,9-11,14H2,1-3H3,(H,39,42)(H,44,45)/t23-,24-/m0/s1. The molecule has 0 saturated carbocycles. The Labute approximate surface area is 258 Å². The molecule has 4 aromatic rings. The highest BCUT2D eigenvalue weighted by Crippen LogP contribution is 2.33. The summed E-state index contributed by atoms with van der Waals surface area (Å²) < 4.78 is 77.1. The van der Waals surface area contributed by atoms with Crippen molar-refractivity contribution in [3.8, 4) is 11.3 Å². The van der Waals surface area contributed by atoms with Gasteiger partial charge in [-0.2, -0.15) is 13.2 Å². The number of carboxylic acid groups (broad SMARTS) is 1. The molecule has 46 heavy (non-hydrogen) atoms. The van der Waals surface area contributed by atoms with Gasteiger partial charge in [0.05, 0.1) is 24.4 Å². The summed E-state index contributed by atoms with van der Waals surface area (Å²) in [6.07, 6.45) is -3.61. The van der Waals surface area contributed by atoms with E-state index < -0.39 is 59.6 Å². The lowest BCUT2D eigenvalue weighted by Crippen LogP contribution is -2.53. The first kappa shape index (κ1) is 32.5. The van der Waals surface area contributed by atoms with Crippen molar-refractivity contribution in [1.82, 2.24) is 19.9 Å². The minimum atomic E-state index is -4.75. The van der Waals surface area contributed by atoms with Gasteiger partial charge in [0.1, 0.15) is 35.0 Å². The third-order valence-electron chi connectivity index (χ3n) is 8.05. The van der Waals surface area contributed by atoms with Crippen molar-refractivity contribution in [2.45, 2.75) is 38.5 Å².